The molecule has 0 bridgehead atoms. The van der Waals surface area contributed by atoms with Crippen molar-refractivity contribution in [2.75, 3.05) is 20.2 Å². The maximum atomic E-state index is 13.0. The van der Waals surface area contributed by atoms with Gasteiger partial charge in [0.25, 0.3) is 5.91 Å². The molecule has 1 aromatic carbocycles. The van der Waals surface area contributed by atoms with Crippen LogP contribution < -0.4 is 4.74 Å². The summed E-state index contributed by atoms with van der Waals surface area (Å²) in [6, 6.07) is 4.52. The molecule has 1 fully saturated rings. The summed E-state index contributed by atoms with van der Waals surface area (Å²) in [5.41, 5.74) is 0.122. The molecule has 2 rings (SSSR count). The topological polar surface area (TPSA) is 66.8 Å². The summed E-state index contributed by atoms with van der Waals surface area (Å²) in [5, 5.41) is 8.99. The number of methoxy groups -OCH3 is 1. The number of rotatable bonds is 3. The zero-order valence-electron chi connectivity index (χ0n) is 11.9. The molecule has 1 aliphatic heterocycles. The number of alkyl halides is 3. The molecule has 0 saturated carbocycles. The van der Waals surface area contributed by atoms with E-state index in [9.17, 15) is 22.8 Å². The van der Waals surface area contributed by atoms with Crippen molar-refractivity contribution in [1.29, 1.82) is 0 Å². The Morgan fingerprint density at radius 1 is 1.35 bits per heavy atom. The number of halogens is 4. The molecule has 126 valence electrons. The normalized spacial score (nSPS) is 21.3. The molecule has 23 heavy (non-hydrogen) atoms. The zero-order chi connectivity index (χ0) is 17.4. The maximum Gasteiger partial charge on any atom is 0.394 e. The second-order valence-corrected chi connectivity index (χ2v) is 6.00. The second kappa shape index (κ2) is 6.38. The van der Waals surface area contributed by atoms with Crippen LogP contribution in [0.4, 0.5) is 13.2 Å². The van der Waals surface area contributed by atoms with Crippen molar-refractivity contribution >= 4 is 27.8 Å². The van der Waals surface area contributed by atoms with E-state index in [1.54, 1.807) is 6.07 Å². The molecule has 9 heteroatoms. The second-order valence-electron chi connectivity index (χ2n) is 5.15. The van der Waals surface area contributed by atoms with E-state index in [1.807, 2.05) is 0 Å². The average molecular weight is 396 g/mol. The highest BCUT2D eigenvalue weighted by Gasteiger charge is 2.53. The molecule has 1 aromatic rings. The summed E-state index contributed by atoms with van der Waals surface area (Å²) in [4.78, 5) is 24.4. The summed E-state index contributed by atoms with van der Waals surface area (Å²) in [6.07, 6.45) is -4.68. The van der Waals surface area contributed by atoms with Crippen molar-refractivity contribution in [3.05, 3.63) is 28.2 Å². The number of carboxylic acids is 1. The number of carbonyl (C=O) groups is 2. The number of hydrogen-bond donors (Lipinski definition) is 1. The van der Waals surface area contributed by atoms with Crippen LogP contribution in [0.15, 0.2) is 22.7 Å². The molecule has 1 N–H and O–H groups in total. The van der Waals surface area contributed by atoms with Crippen LogP contribution in [0.25, 0.3) is 0 Å². The minimum absolute atomic E-state index is 0.122. The number of aliphatic carboxylic acids is 1. The van der Waals surface area contributed by atoms with Crippen molar-refractivity contribution in [3.8, 4) is 5.75 Å². The Labute approximate surface area is 138 Å². The number of carboxylic acid groups (broad SMARTS) is 1. The van der Waals surface area contributed by atoms with Crippen LogP contribution in [-0.4, -0.2) is 48.3 Å². The first-order valence-corrected chi connectivity index (χ1v) is 7.36. The molecule has 0 spiro atoms. The predicted octanol–water partition coefficient (Wildman–Crippen LogP) is 2.79. The van der Waals surface area contributed by atoms with Gasteiger partial charge in [-0.15, -0.1) is 0 Å². The molecular weight excluding hydrogens is 383 g/mol. The van der Waals surface area contributed by atoms with Gasteiger partial charge in [0.2, 0.25) is 0 Å². The van der Waals surface area contributed by atoms with E-state index in [0.29, 0.717) is 10.2 Å². The van der Waals surface area contributed by atoms with Crippen LogP contribution in [0, 0.1) is 11.8 Å². The number of nitrogens with zero attached hydrogens (tertiary/aromatic N) is 1. The molecule has 1 aliphatic rings. The van der Waals surface area contributed by atoms with Crippen LogP contribution in [0.1, 0.15) is 10.4 Å². The standard InChI is InChI=1S/C14H13BrF3NO4/c1-23-7-2-3-11(15)8(4-7)12(20)19-5-9(13(21)22)10(6-19)14(16,17)18/h2-4,9-10H,5-6H2,1H3,(H,21,22)/t9-,10-/m1/s1. The number of likely N-dealkylation sites (tertiary alicyclic amines) is 1. The minimum Gasteiger partial charge on any atom is -0.497 e. The highest BCUT2D eigenvalue weighted by Crippen LogP contribution is 2.38. The SMILES string of the molecule is COc1ccc(Br)c(C(=O)N2C[C@@H](C(F)(F)F)[C@H](C(=O)O)C2)c1. The molecule has 0 aliphatic carbocycles. The predicted molar refractivity (Wildman–Crippen MR) is 77.3 cm³/mol. The van der Waals surface area contributed by atoms with Crippen LogP contribution >= 0.6 is 15.9 Å². The molecule has 1 heterocycles. The van der Waals surface area contributed by atoms with E-state index in [1.165, 1.54) is 19.2 Å². The van der Waals surface area contributed by atoms with Crippen molar-refractivity contribution in [1.82, 2.24) is 4.90 Å². The number of benzene rings is 1. The van der Waals surface area contributed by atoms with Gasteiger partial charge < -0.3 is 14.7 Å². The van der Waals surface area contributed by atoms with Crippen LogP contribution in [0.5, 0.6) is 5.75 Å². The molecule has 5 nitrogen and oxygen atoms in total. The van der Waals surface area contributed by atoms with E-state index >= 15 is 0 Å². The first-order chi connectivity index (χ1) is 10.6. The molecule has 0 radical (unpaired) electrons. The van der Waals surface area contributed by atoms with E-state index in [4.69, 9.17) is 9.84 Å². The minimum atomic E-state index is -4.68. The highest BCUT2D eigenvalue weighted by atomic mass is 79.9. The molecule has 1 saturated heterocycles. The summed E-state index contributed by atoms with van der Waals surface area (Å²) in [7, 11) is 1.40. The lowest BCUT2D eigenvalue weighted by molar-refractivity contribution is -0.187. The van der Waals surface area contributed by atoms with Gasteiger partial charge in [-0.1, -0.05) is 0 Å². The Morgan fingerprint density at radius 3 is 2.48 bits per heavy atom. The van der Waals surface area contributed by atoms with Gasteiger partial charge >= 0.3 is 12.1 Å². The van der Waals surface area contributed by atoms with E-state index < -0.39 is 43.0 Å². The summed E-state index contributed by atoms with van der Waals surface area (Å²) < 4.78 is 44.3. The maximum absolute atomic E-state index is 13.0. The fraction of sp³-hybridized carbons (Fsp3) is 0.429. The third-order valence-electron chi connectivity index (χ3n) is 3.75. The molecule has 0 unspecified atom stereocenters. The fourth-order valence-corrected chi connectivity index (χ4v) is 2.93. The third-order valence-corrected chi connectivity index (χ3v) is 4.44. The van der Waals surface area contributed by atoms with Crippen molar-refractivity contribution in [2.24, 2.45) is 11.8 Å². The van der Waals surface area contributed by atoms with Crippen LogP contribution in [-0.2, 0) is 4.79 Å². The Bertz CT molecular complexity index is 635. The molecule has 0 aromatic heterocycles. The summed E-state index contributed by atoms with van der Waals surface area (Å²) in [6.45, 7) is -1.16. The molecule has 2 atom stereocenters. The lowest BCUT2D eigenvalue weighted by Gasteiger charge is -2.19. The van der Waals surface area contributed by atoms with Crippen molar-refractivity contribution in [3.63, 3.8) is 0 Å². The van der Waals surface area contributed by atoms with E-state index in [-0.39, 0.29) is 5.56 Å². The van der Waals surface area contributed by atoms with E-state index in [0.717, 1.165) is 4.90 Å². The Kier molecular flexibility index (Phi) is 4.88. The number of ether oxygens (including phenoxy) is 1. The van der Waals surface area contributed by atoms with Crippen molar-refractivity contribution in [2.45, 2.75) is 6.18 Å². The number of carbonyl (C=O) groups excluding carboxylic acids is 1. The smallest absolute Gasteiger partial charge is 0.394 e. The lowest BCUT2D eigenvalue weighted by atomic mass is 9.96. The van der Waals surface area contributed by atoms with E-state index in [2.05, 4.69) is 15.9 Å². The largest absolute Gasteiger partial charge is 0.497 e. The monoisotopic (exact) mass is 395 g/mol. The van der Waals surface area contributed by atoms with Gasteiger partial charge in [-0.25, -0.2) is 0 Å². The Morgan fingerprint density at radius 2 is 2.00 bits per heavy atom. The summed E-state index contributed by atoms with van der Waals surface area (Å²) >= 11 is 3.16. The highest BCUT2D eigenvalue weighted by molar-refractivity contribution is 9.10. The first-order valence-electron chi connectivity index (χ1n) is 6.57. The first kappa shape index (κ1) is 17.6. The average Bonchev–Trinajstić information content (AvgIpc) is 2.92. The zero-order valence-corrected chi connectivity index (χ0v) is 13.5. The molecular formula is C14H13BrF3NO4. The Hall–Kier alpha value is -1.77. The van der Waals surface area contributed by atoms with Gasteiger partial charge in [0.15, 0.2) is 0 Å². The van der Waals surface area contributed by atoms with Gasteiger partial charge in [0.05, 0.1) is 24.5 Å². The number of hydrogen-bond acceptors (Lipinski definition) is 3. The summed E-state index contributed by atoms with van der Waals surface area (Å²) in [5.74, 6) is -5.60. The number of amides is 1. The Balaban J connectivity index is 2.29. The van der Waals surface area contributed by atoms with Gasteiger partial charge in [-0.2, -0.15) is 13.2 Å². The lowest BCUT2D eigenvalue weighted by Crippen LogP contribution is -2.34. The van der Waals surface area contributed by atoms with Gasteiger partial charge in [0.1, 0.15) is 5.75 Å². The van der Waals surface area contributed by atoms with Crippen LogP contribution in [0.2, 0.25) is 0 Å². The third kappa shape index (κ3) is 3.60. The van der Waals surface area contributed by atoms with Gasteiger partial charge in [-0.05, 0) is 34.1 Å². The van der Waals surface area contributed by atoms with Gasteiger partial charge in [0, 0.05) is 17.6 Å². The van der Waals surface area contributed by atoms with Crippen molar-refractivity contribution < 1.29 is 32.6 Å². The van der Waals surface area contributed by atoms with Gasteiger partial charge in [-0.3, -0.25) is 9.59 Å². The molecule has 1 amide bonds. The fourth-order valence-electron chi connectivity index (χ4n) is 2.52. The van der Waals surface area contributed by atoms with Crippen LogP contribution in [0.3, 0.4) is 0 Å². The quantitative estimate of drug-likeness (QED) is 0.854.